The van der Waals surface area contributed by atoms with Crippen LogP contribution in [0, 0.1) is 0 Å². The minimum Gasteiger partial charge on any atom is -0.479 e. The third-order valence-electron chi connectivity index (χ3n) is 2.67. The Kier molecular flexibility index (Phi) is 3.10. The Hall–Kier alpha value is -1.55. The Morgan fingerprint density at radius 1 is 1.31 bits per heavy atom. The van der Waals surface area contributed by atoms with Gasteiger partial charge in [0.2, 0.25) is 5.88 Å². The smallest absolute Gasteiger partial charge is 0.240 e. The molecule has 0 radical (unpaired) electrons. The molecule has 0 aliphatic carbocycles. The first-order valence-corrected chi connectivity index (χ1v) is 5.25. The minimum absolute atomic E-state index is 0.678. The summed E-state index contributed by atoms with van der Waals surface area (Å²) in [6.07, 6.45) is 0.907. The van der Waals surface area contributed by atoms with Crippen molar-refractivity contribution in [2.75, 3.05) is 20.8 Å². The van der Waals surface area contributed by atoms with E-state index in [2.05, 4.69) is 23.3 Å². The predicted molar refractivity (Wildman–Crippen MR) is 62.8 cm³/mol. The van der Waals surface area contributed by atoms with E-state index in [4.69, 9.17) is 9.47 Å². The number of fused-ring (bicyclic) bond motifs is 1. The minimum atomic E-state index is 0.678. The first-order chi connectivity index (χ1) is 7.76. The molecule has 0 atom stereocenters. The molecule has 0 aliphatic heterocycles. The highest BCUT2D eigenvalue weighted by molar-refractivity contribution is 5.85. The lowest BCUT2D eigenvalue weighted by molar-refractivity contribution is 0.202. The lowest BCUT2D eigenvalue weighted by atomic mass is 10.1. The molecule has 2 aromatic rings. The van der Waals surface area contributed by atoms with E-state index in [0.717, 1.165) is 23.9 Å². The summed E-state index contributed by atoms with van der Waals surface area (Å²) in [4.78, 5) is 0. The summed E-state index contributed by atoms with van der Waals surface area (Å²) < 4.78 is 12.1. The molecule has 0 spiro atoms. The van der Waals surface area contributed by atoms with Crippen LogP contribution in [-0.2, 0) is 18.2 Å². The number of hydrogen-bond acceptors (Lipinski definition) is 3. The van der Waals surface area contributed by atoms with Gasteiger partial charge >= 0.3 is 0 Å². The molecule has 0 unspecified atom stereocenters. The molecule has 86 valence electrons. The number of aromatic nitrogens is 2. The first kappa shape index (κ1) is 11.0. The molecular weight excluding hydrogens is 204 g/mol. The summed E-state index contributed by atoms with van der Waals surface area (Å²) in [5.41, 5.74) is 2.32. The van der Waals surface area contributed by atoms with Crippen LogP contribution >= 0.6 is 0 Å². The zero-order valence-electron chi connectivity index (χ0n) is 9.86. The quantitative estimate of drug-likeness (QED) is 0.788. The number of benzene rings is 1. The molecule has 0 saturated carbocycles. The van der Waals surface area contributed by atoms with Gasteiger partial charge in [-0.15, -0.1) is 5.10 Å². The highest BCUT2D eigenvalue weighted by Gasteiger charge is 2.08. The molecule has 0 aliphatic rings. The number of aryl methyl sites for hydroxylation is 1. The van der Waals surface area contributed by atoms with E-state index in [1.807, 2.05) is 11.7 Å². The largest absolute Gasteiger partial charge is 0.479 e. The van der Waals surface area contributed by atoms with Crippen molar-refractivity contribution in [3.63, 3.8) is 0 Å². The zero-order chi connectivity index (χ0) is 11.5. The Bertz CT molecular complexity index is 491. The molecule has 0 amide bonds. The van der Waals surface area contributed by atoms with Crippen LogP contribution in [0.1, 0.15) is 5.56 Å². The Morgan fingerprint density at radius 2 is 2.12 bits per heavy atom. The van der Waals surface area contributed by atoms with Gasteiger partial charge < -0.3 is 9.47 Å². The van der Waals surface area contributed by atoms with Crippen LogP contribution in [0.4, 0.5) is 0 Å². The first-order valence-electron chi connectivity index (χ1n) is 5.25. The van der Waals surface area contributed by atoms with E-state index in [0.29, 0.717) is 5.88 Å². The average molecular weight is 220 g/mol. The van der Waals surface area contributed by atoms with Crippen LogP contribution in [0.25, 0.3) is 10.9 Å². The third kappa shape index (κ3) is 1.88. The fraction of sp³-hybridized carbons (Fsp3) is 0.417. The van der Waals surface area contributed by atoms with E-state index in [1.54, 1.807) is 14.2 Å². The molecule has 0 saturated heterocycles. The van der Waals surface area contributed by atoms with Crippen molar-refractivity contribution in [2.45, 2.75) is 6.42 Å². The summed E-state index contributed by atoms with van der Waals surface area (Å²) in [7, 11) is 5.27. The van der Waals surface area contributed by atoms with Crippen LogP contribution in [-0.4, -0.2) is 30.6 Å². The van der Waals surface area contributed by atoms with Crippen molar-refractivity contribution in [2.24, 2.45) is 7.05 Å². The summed E-state index contributed by atoms with van der Waals surface area (Å²) in [5, 5.41) is 5.35. The van der Waals surface area contributed by atoms with Gasteiger partial charge in [-0.3, -0.25) is 4.68 Å². The number of hydrogen-bond donors (Lipinski definition) is 0. The number of methoxy groups -OCH3 is 2. The van der Waals surface area contributed by atoms with Gasteiger partial charge in [0.05, 0.1) is 24.6 Å². The van der Waals surface area contributed by atoms with E-state index in [-0.39, 0.29) is 0 Å². The summed E-state index contributed by atoms with van der Waals surface area (Å²) >= 11 is 0. The maximum atomic E-state index is 5.24. The van der Waals surface area contributed by atoms with Gasteiger partial charge in [-0.05, 0) is 24.1 Å². The van der Waals surface area contributed by atoms with Crippen LogP contribution in [0.15, 0.2) is 18.2 Å². The van der Waals surface area contributed by atoms with E-state index >= 15 is 0 Å². The Balaban J connectivity index is 2.43. The van der Waals surface area contributed by atoms with Gasteiger partial charge in [0, 0.05) is 14.2 Å². The van der Waals surface area contributed by atoms with Crippen LogP contribution in [0.5, 0.6) is 5.88 Å². The van der Waals surface area contributed by atoms with E-state index in [9.17, 15) is 0 Å². The van der Waals surface area contributed by atoms with Crippen molar-refractivity contribution in [1.29, 1.82) is 0 Å². The van der Waals surface area contributed by atoms with Gasteiger partial charge in [-0.1, -0.05) is 6.07 Å². The maximum absolute atomic E-state index is 5.24. The Morgan fingerprint density at radius 3 is 2.81 bits per heavy atom. The fourth-order valence-corrected chi connectivity index (χ4v) is 1.81. The fourth-order valence-electron chi connectivity index (χ4n) is 1.81. The monoisotopic (exact) mass is 220 g/mol. The van der Waals surface area contributed by atoms with Gasteiger partial charge in [-0.2, -0.15) is 0 Å². The third-order valence-corrected chi connectivity index (χ3v) is 2.67. The van der Waals surface area contributed by atoms with E-state index in [1.165, 1.54) is 5.56 Å². The number of rotatable bonds is 4. The maximum Gasteiger partial charge on any atom is 0.240 e. The molecule has 4 heteroatoms. The molecule has 0 bridgehead atoms. The molecule has 1 aromatic heterocycles. The highest BCUT2D eigenvalue weighted by Crippen LogP contribution is 2.25. The van der Waals surface area contributed by atoms with Crippen LogP contribution in [0.3, 0.4) is 0 Å². The van der Waals surface area contributed by atoms with Crippen LogP contribution in [0.2, 0.25) is 0 Å². The summed E-state index contributed by atoms with van der Waals surface area (Å²) in [5.74, 6) is 0.678. The van der Waals surface area contributed by atoms with Crippen molar-refractivity contribution < 1.29 is 9.47 Å². The van der Waals surface area contributed by atoms with Crippen molar-refractivity contribution >= 4 is 10.9 Å². The second-order valence-corrected chi connectivity index (χ2v) is 3.73. The summed E-state index contributed by atoms with van der Waals surface area (Å²) in [6, 6.07) is 6.28. The van der Waals surface area contributed by atoms with Gasteiger partial charge in [0.25, 0.3) is 0 Å². The van der Waals surface area contributed by atoms with Crippen molar-refractivity contribution in [3.8, 4) is 5.88 Å². The molecule has 1 heterocycles. The SMILES string of the molecule is COCCc1ccc2c(c1)c(OC)nn2C. The average Bonchev–Trinajstić information content (AvgIpc) is 2.63. The van der Waals surface area contributed by atoms with Crippen LogP contribution < -0.4 is 4.74 Å². The van der Waals surface area contributed by atoms with Gasteiger partial charge in [0.15, 0.2) is 0 Å². The molecule has 16 heavy (non-hydrogen) atoms. The predicted octanol–water partition coefficient (Wildman–Crippen LogP) is 1.77. The number of nitrogens with zero attached hydrogens (tertiary/aromatic N) is 2. The molecule has 1 aromatic carbocycles. The molecule has 0 fully saturated rings. The Labute approximate surface area is 94.8 Å². The highest BCUT2D eigenvalue weighted by atomic mass is 16.5. The second kappa shape index (κ2) is 4.53. The standard InChI is InChI=1S/C12H16N2O2/c1-14-11-5-4-9(6-7-15-2)8-10(11)12(13-14)16-3/h4-5,8H,6-7H2,1-3H3. The van der Waals surface area contributed by atoms with Crippen molar-refractivity contribution in [3.05, 3.63) is 23.8 Å². The lowest BCUT2D eigenvalue weighted by Gasteiger charge is -2.01. The van der Waals surface area contributed by atoms with E-state index < -0.39 is 0 Å². The molecule has 4 nitrogen and oxygen atoms in total. The molecule has 0 N–H and O–H groups in total. The zero-order valence-corrected chi connectivity index (χ0v) is 9.86. The summed E-state index contributed by atoms with van der Waals surface area (Å²) in [6.45, 7) is 0.730. The number of ether oxygens (including phenoxy) is 2. The van der Waals surface area contributed by atoms with Gasteiger partial charge in [0.1, 0.15) is 0 Å². The lowest BCUT2D eigenvalue weighted by Crippen LogP contribution is -1.94. The topological polar surface area (TPSA) is 36.3 Å². The second-order valence-electron chi connectivity index (χ2n) is 3.73. The molecule has 2 rings (SSSR count). The van der Waals surface area contributed by atoms with Crippen molar-refractivity contribution in [1.82, 2.24) is 9.78 Å². The normalized spacial score (nSPS) is 10.9. The van der Waals surface area contributed by atoms with Gasteiger partial charge in [-0.25, -0.2) is 0 Å². The molecular formula is C12H16N2O2.